The van der Waals surface area contributed by atoms with Crippen LogP contribution in [0.3, 0.4) is 0 Å². The first kappa shape index (κ1) is 37.7. The van der Waals surface area contributed by atoms with Crippen LogP contribution >= 0.6 is 23.5 Å². The van der Waals surface area contributed by atoms with E-state index in [4.69, 9.17) is 19.3 Å². The smallest absolute Gasteiger partial charge is 0.376 e. The summed E-state index contributed by atoms with van der Waals surface area (Å²) in [6.07, 6.45) is -9.05. The number of halogens is 7. The summed E-state index contributed by atoms with van der Waals surface area (Å²) in [7, 11) is -4.09. The van der Waals surface area contributed by atoms with Crippen molar-refractivity contribution < 1.29 is 109 Å². The van der Waals surface area contributed by atoms with Crippen molar-refractivity contribution in [3.63, 3.8) is 0 Å². The van der Waals surface area contributed by atoms with Gasteiger partial charge in [-0.25, -0.2) is 0 Å². The molecule has 35 heavy (non-hydrogen) atoms. The SMILES string of the molecule is FC(F)(F)c1ccc(COCCBr)cc1.O=P(O)(O)CCOCc1ccc(C(F)(F)F)cc1.[Na+].[Na+]. The Labute approximate surface area is 251 Å². The Morgan fingerprint density at radius 2 is 1.06 bits per heavy atom. The van der Waals surface area contributed by atoms with Crippen molar-refractivity contribution in [3.05, 3.63) is 70.8 Å². The fraction of sp³-hybridized carbons (Fsp3) is 0.400. The largest absolute Gasteiger partial charge is 1.00 e. The molecule has 0 spiro atoms. The molecule has 0 unspecified atom stereocenters. The van der Waals surface area contributed by atoms with E-state index in [2.05, 4.69) is 15.9 Å². The molecule has 0 amide bonds. The minimum Gasteiger partial charge on any atom is -0.376 e. The summed E-state index contributed by atoms with van der Waals surface area (Å²) in [6, 6.07) is 9.37. The van der Waals surface area contributed by atoms with Gasteiger partial charge in [-0.2, -0.15) is 26.3 Å². The minimum absolute atomic E-state index is 0. The molecule has 0 fully saturated rings. The van der Waals surface area contributed by atoms with Crippen LogP contribution in [0.4, 0.5) is 26.3 Å². The van der Waals surface area contributed by atoms with Crippen LogP contribution in [0.15, 0.2) is 48.5 Å². The molecule has 5 nitrogen and oxygen atoms in total. The average molecular weight is 613 g/mol. The first-order valence-corrected chi connectivity index (χ1v) is 12.2. The van der Waals surface area contributed by atoms with Gasteiger partial charge in [0.2, 0.25) is 0 Å². The molecule has 0 saturated carbocycles. The molecule has 186 valence electrons. The third kappa shape index (κ3) is 17.7. The fourth-order valence-electron chi connectivity index (χ4n) is 2.20. The molecule has 0 radical (unpaired) electrons. The Morgan fingerprint density at radius 1 is 0.714 bits per heavy atom. The normalized spacial score (nSPS) is 11.6. The van der Waals surface area contributed by atoms with E-state index in [0.717, 1.165) is 29.8 Å². The minimum atomic E-state index is -4.38. The molecular weight excluding hydrogens is 591 g/mol. The van der Waals surface area contributed by atoms with Gasteiger partial charge in [-0.1, -0.05) is 40.2 Å². The molecule has 0 aromatic heterocycles. The maximum absolute atomic E-state index is 12.2. The molecule has 0 aliphatic carbocycles. The second-order valence-electron chi connectivity index (χ2n) is 6.57. The average Bonchev–Trinajstić information content (AvgIpc) is 2.71. The number of hydrogen-bond donors (Lipinski definition) is 2. The summed E-state index contributed by atoms with van der Waals surface area (Å²) < 4.78 is 93.9. The van der Waals surface area contributed by atoms with E-state index in [-0.39, 0.29) is 72.3 Å². The van der Waals surface area contributed by atoms with Crippen molar-refractivity contribution in [1.82, 2.24) is 0 Å². The van der Waals surface area contributed by atoms with Crippen molar-refractivity contribution in [2.75, 3.05) is 24.7 Å². The molecule has 2 aromatic carbocycles. The molecule has 0 bridgehead atoms. The zero-order chi connectivity index (χ0) is 25.1. The Hall–Kier alpha value is 0.570. The predicted octanol–water partition coefficient (Wildman–Crippen LogP) is 0.0246. The monoisotopic (exact) mass is 612 g/mol. The number of ether oxygens (including phenoxy) is 2. The van der Waals surface area contributed by atoms with Crippen molar-refractivity contribution >= 4 is 23.5 Å². The van der Waals surface area contributed by atoms with E-state index in [0.29, 0.717) is 24.1 Å². The van der Waals surface area contributed by atoms with E-state index in [1.54, 1.807) is 0 Å². The first-order valence-electron chi connectivity index (χ1n) is 9.30. The third-order valence-electron chi connectivity index (χ3n) is 3.85. The van der Waals surface area contributed by atoms with Crippen LogP contribution in [0.25, 0.3) is 0 Å². The number of alkyl halides is 7. The Balaban J connectivity index is 0. The van der Waals surface area contributed by atoms with Crippen LogP contribution in [0.2, 0.25) is 0 Å². The van der Waals surface area contributed by atoms with Crippen LogP contribution in [0, 0.1) is 0 Å². The Bertz CT molecular complexity index is 878. The maximum Gasteiger partial charge on any atom is 1.00 e. The van der Waals surface area contributed by atoms with Crippen molar-refractivity contribution in [1.29, 1.82) is 0 Å². The summed E-state index contributed by atoms with van der Waals surface area (Å²) in [6.45, 7) is 0.744. The topological polar surface area (TPSA) is 76.0 Å². The molecule has 2 aromatic rings. The zero-order valence-electron chi connectivity index (χ0n) is 19.1. The second kappa shape index (κ2) is 18.0. The molecule has 15 heteroatoms. The van der Waals surface area contributed by atoms with Crippen LogP contribution < -0.4 is 59.1 Å². The standard InChI is InChI=1S/C10H10BrF3O.C10H12F3O4P.2Na/c11-5-6-15-7-8-1-3-9(4-2-8)10(12,13)14;11-10(12,13)9-3-1-8(2-4-9)7-17-5-6-18(14,15)16;;/h1-4H,5-7H2;1-4H,5-7H2,(H2,14,15,16);;/q;;2*+1. The summed E-state index contributed by atoms with van der Waals surface area (Å²) in [5.41, 5.74) is -0.133. The zero-order valence-corrected chi connectivity index (χ0v) is 25.6. The van der Waals surface area contributed by atoms with Gasteiger partial charge in [-0.15, -0.1) is 0 Å². The Kier molecular flexibility index (Phi) is 19.4. The van der Waals surface area contributed by atoms with Crippen molar-refractivity contribution in [2.45, 2.75) is 25.6 Å². The van der Waals surface area contributed by atoms with Crippen LogP contribution in [-0.4, -0.2) is 34.5 Å². The van der Waals surface area contributed by atoms with E-state index < -0.39 is 37.2 Å². The number of benzene rings is 2. The van der Waals surface area contributed by atoms with Crippen LogP contribution in [-0.2, 0) is 39.6 Å². The molecule has 0 saturated heterocycles. The summed E-state index contributed by atoms with van der Waals surface area (Å²) in [4.78, 5) is 17.1. The van der Waals surface area contributed by atoms with Gasteiger partial charge >= 0.3 is 79.1 Å². The van der Waals surface area contributed by atoms with E-state index in [1.807, 2.05) is 0 Å². The van der Waals surface area contributed by atoms with Gasteiger partial charge in [0, 0.05) is 5.33 Å². The van der Waals surface area contributed by atoms with Crippen molar-refractivity contribution in [2.24, 2.45) is 0 Å². The predicted molar refractivity (Wildman–Crippen MR) is 113 cm³/mol. The quantitative estimate of drug-likeness (QED) is 0.137. The molecule has 0 aliphatic heterocycles. The van der Waals surface area contributed by atoms with Gasteiger partial charge in [-0.05, 0) is 35.4 Å². The van der Waals surface area contributed by atoms with Gasteiger partial charge < -0.3 is 19.3 Å². The van der Waals surface area contributed by atoms with Crippen LogP contribution in [0.5, 0.6) is 0 Å². The molecule has 2 rings (SSSR count). The van der Waals surface area contributed by atoms with Gasteiger partial charge in [-0.3, -0.25) is 4.57 Å². The summed E-state index contributed by atoms with van der Waals surface area (Å²) in [5.74, 6) is 0. The van der Waals surface area contributed by atoms with Crippen molar-refractivity contribution in [3.8, 4) is 0 Å². The van der Waals surface area contributed by atoms with Gasteiger partial charge in [0.05, 0.1) is 43.7 Å². The molecule has 0 aliphatic rings. The second-order valence-corrected chi connectivity index (χ2v) is 9.14. The maximum atomic E-state index is 12.2. The molecule has 0 atom stereocenters. The first-order chi connectivity index (χ1) is 15.2. The van der Waals surface area contributed by atoms with E-state index in [9.17, 15) is 30.9 Å². The third-order valence-corrected chi connectivity index (χ3v) is 4.94. The summed E-state index contributed by atoms with van der Waals surface area (Å²) >= 11 is 3.19. The molecule has 0 heterocycles. The van der Waals surface area contributed by atoms with Gasteiger partial charge in [0.25, 0.3) is 0 Å². The number of rotatable bonds is 9. The number of hydrogen-bond acceptors (Lipinski definition) is 3. The van der Waals surface area contributed by atoms with E-state index in [1.165, 1.54) is 24.3 Å². The fourth-order valence-corrected chi connectivity index (χ4v) is 2.79. The van der Waals surface area contributed by atoms with Gasteiger partial charge in [0.15, 0.2) is 0 Å². The molecular formula is C20H22BrF6Na2O5P+2. The molecule has 2 N–H and O–H groups in total. The van der Waals surface area contributed by atoms with Gasteiger partial charge in [0.1, 0.15) is 0 Å². The van der Waals surface area contributed by atoms with E-state index >= 15 is 0 Å². The van der Waals surface area contributed by atoms with Crippen LogP contribution in [0.1, 0.15) is 22.3 Å². The Morgan fingerprint density at radius 3 is 1.34 bits per heavy atom. The summed E-state index contributed by atoms with van der Waals surface area (Å²) in [5, 5.41) is 0.716.